The highest BCUT2D eigenvalue weighted by Gasteiger charge is 2.42. The second-order valence-electron chi connectivity index (χ2n) is 21.8. The van der Waals surface area contributed by atoms with Crippen LogP contribution in [0.2, 0.25) is 18.1 Å². The average molecular weight is 1020 g/mol. The maximum Gasteiger partial charge on any atom is 0.342 e. The Hall–Kier alpha value is -3.38. The van der Waals surface area contributed by atoms with Crippen molar-refractivity contribution >= 4 is 32.2 Å². The quantitative estimate of drug-likeness (QED) is 0.0155. The summed E-state index contributed by atoms with van der Waals surface area (Å²) in [6.07, 6.45) is 34.8. The molecule has 0 amide bonds. The molecule has 1 heterocycles. The standard InChI is InChI=1S/C59H102O11Si/c1-11-13-15-17-19-21-23-25-27-29-31-33-35-37-52(60)65-43-49(44-66-53(61)38-36-34-32-30-28-26-24-22-20-18-16-14-12-2)68-46-69-54(62)42-40-47(3)39-41-50-56(64-8)48(4)51-45-67-58(63)55(51)57(50)70-71(9,10)59(5,6)7/h39,49H,11-38,40-46H2,1-10H3/b47-39+. The fourth-order valence-corrected chi connectivity index (χ4v) is 9.75. The molecule has 408 valence electrons. The first-order valence-electron chi connectivity index (χ1n) is 28.4. The van der Waals surface area contributed by atoms with Gasteiger partial charge in [-0.2, -0.15) is 0 Å². The molecule has 0 saturated carbocycles. The molecule has 0 saturated heterocycles. The number of rotatable bonds is 43. The van der Waals surface area contributed by atoms with Crippen LogP contribution in [0.4, 0.5) is 0 Å². The Morgan fingerprint density at radius 3 is 1.46 bits per heavy atom. The average Bonchev–Trinajstić information content (AvgIpc) is 3.73. The predicted molar refractivity (Wildman–Crippen MR) is 290 cm³/mol. The lowest BCUT2D eigenvalue weighted by molar-refractivity contribution is -0.175. The Bertz CT molecular complexity index is 1650. The van der Waals surface area contributed by atoms with Gasteiger partial charge >= 0.3 is 23.9 Å². The van der Waals surface area contributed by atoms with Crippen molar-refractivity contribution in [2.45, 2.75) is 278 Å². The van der Waals surface area contributed by atoms with Gasteiger partial charge in [0.1, 0.15) is 43.0 Å². The first-order chi connectivity index (χ1) is 34.1. The summed E-state index contributed by atoms with van der Waals surface area (Å²) in [5, 5.41) is -0.112. The number of esters is 4. The lowest BCUT2D eigenvalue weighted by Gasteiger charge is -2.37. The molecule has 0 radical (unpaired) electrons. The van der Waals surface area contributed by atoms with Crippen molar-refractivity contribution < 1.29 is 52.0 Å². The van der Waals surface area contributed by atoms with Gasteiger partial charge in [-0.1, -0.05) is 200 Å². The number of carbonyl (C=O) groups excluding carboxylic acids is 4. The molecule has 1 aliphatic heterocycles. The summed E-state index contributed by atoms with van der Waals surface area (Å²) in [7, 11) is -0.747. The van der Waals surface area contributed by atoms with Gasteiger partial charge in [-0.25, -0.2) is 4.79 Å². The number of benzene rings is 1. The van der Waals surface area contributed by atoms with Gasteiger partial charge in [0.15, 0.2) is 6.79 Å². The third kappa shape index (κ3) is 26.9. The van der Waals surface area contributed by atoms with Gasteiger partial charge in [0.2, 0.25) is 0 Å². The predicted octanol–water partition coefficient (Wildman–Crippen LogP) is 16.3. The van der Waals surface area contributed by atoms with E-state index in [0.29, 0.717) is 42.7 Å². The molecule has 0 unspecified atom stereocenters. The molecule has 1 aliphatic rings. The molecular weight excluding hydrogens is 913 g/mol. The van der Waals surface area contributed by atoms with Crippen LogP contribution < -0.4 is 9.16 Å². The minimum atomic E-state index is -2.37. The number of ether oxygens (including phenoxy) is 6. The van der Waals surface area contributed by atoms with Gasteiger partial charge in [0.05, 0.1) is 7.11 Å². The zero-order valence-corrected chi connectivity index (χ0v) is 47.9. The molecule has 0 fully saturated rings. The van der Waals surface area contributed by atoms with Gasteiger partial charge in [-0.3, -0.25) is 14.4 Å². The third-order valence-corrected chi connectivity index (χ3v) is 18.8. The Morgan fingerprint density at radius 1 is 0.620 bits per heavy atom. The Balaban J connectivity index is 1.88. The van der Waals surface area contributed by atoms with Gasteiger partial charge in [0.25, 0.3) is 8.32 Å². The van der Waals surface area contributed by atoms with E-state index in [1.54, 1.807) is 7.11 Å². The third-order valence-electron chi connectivity index (χ3n) is 14.5. The minimum absolute atomic E-state index is 0.104. The number of carbonyl (C=O) groups is 4. The van der Waals surface area contributed by atoms with Crippen molar-refractivity contribution in [1.29, 1.82) is 0 Å². The second kappa shape index (κ2) is 37.4. The SMILES string of the molecule is CCCCCCCCCCCCCCCC(=O)OCC(COC(=O)CCCCCCCCCCCCCCC)OCOC(=O)CC/C(C)=C/Cc1c(OC)c(C)c2c(c1O[Si](C)(C)C(C)(C)C)C(=O)OC2. The van der Waals surface area contributed by atoms with E-state index in [1.165, 1.54) is 128 Å². The van der Waals surface area contributed by atoms with Crippen LogP contribution in [0.25, 0.3) is 0 Å². The number of hydrogen-bond acceptors (Lipinski definition) is 11. The van der Waals surface area contributed by atoms with Crippen LogP contribution in [0.5, 0.6) is 11.5 Å². The molecule has 0 atom stereocenters. The lowest BCUT2D eigenvalue weighted by Crippen LogP contribution is -2.44. The molecule has 12 heteroatoms. The second-order valence-corrected chi connectivity index (χ2v) is 26.5. The van der Waals surface area contributed by atoms with Crippen molar-refractivity contribution in [2.75, 3.05) is 27.1 Å². The summed E-state index contributed by atoms with van der Waals surface area (Å²) >= 11 is 0. The highest BCUT2D eigenvalue weighted by Crippen LogP contribution is 2.46. The van der Waals surface area contributed by atoms with Crippen molar-refractivity contribution in [3.05, 3.63) is 33.9 Å². The first-order valence-corrected chi connectivity index (χ1v) is 31.3. The number of cyclic esters (lactones) is 1. The van der Waals surface area contributed by atoms with Crippen LogP contribution in [0.1, 0.15) is 261 Å². The van der Waals surface area contributed by atoms with Crippen molar-refractivity contribution in [3.8, 4) is 11.5 Å². The number of fused-ring (bicyclic) bond motifs is 1. The van der Waals surface area contributed by atoms with Crippen molar-refractivity contribution in [2.24, 2.45) is 0 Å². The van der Waals surface area contributed by atoms with Crippen LogP contribution in [-0.4, -0.2) is 65.4 Å². The first kappa shape index (κ1) is 63.7. The summed E-state index contributed by atoms with van der Waals surface area (Å²) in [5.41, 5.74) is 3.86. The van der Waals surface area contributed by atoms with E-state index in [1.807, 2.05) is 19.9 Å². The van der Waals surface area contributed by atoms with Gasteiger partial charge < -0.3 is 32.8 Å². The van der Waals surface area contributed by atoms with Crippen molar-refractivity contribution in [3.63, 3.8) is 0 Å². The molecule has 1 aromatic carbocycles. The van der Waals surface area contributed by atoms with E-state index in [-0.39, 0.29) is 56.0 Å². The zero-order chi connectivity index (χ0) is 52.3. The van der Waals surface area contributed by atoms with Crippen LogP contribution in [0.3, 0.4) is 0 Å². The molecule has 0 aromatic heterocycles. The van der Waals surface area contributed by atoms with Crippen LogP contribution >= 0.6 is 0 Å². The fourth-order valence-electron chi connectivity index (χ4n) is 8.71. The minimum Gasteiger partial charge on any atom is -0.543 e. The molecule has 1 aromatic rings. The smallest absolute Gasteiger partial charge is 0.342 e. The molecule has 0 spiro atoms. The summed E-state index contributed by atoms with van der Waals surface area (Å²) in [6, 6.07) is 0. The number of methoxy groups -OCH3 is 1. The molecule has 2 rings (SSSR count). The lowest BCUT2D eigenvalue weighted by atomic mass is 9.94. The Labute approximate surface area is 433 Å². The van der Waals surface area contributed by atoms with Crippen molar-refractivity contribution in [1.82, 2.24) is 0 Å². The molecule has 71 heavy (non-hydrogen) atoms. The van der Waals surface area contributed by atoms with E-state index in [4.69, 9.17) is 32.8 Å². The van der Waals surface area contributed by atoms with E-state index in [9.17, 15) is 19.2 Å². The van der Waals surface area contributed by atoms with Gasteiger partial charge in [-0.15, -0.1) is 0 Å². The van der Waals surface area contributed by atoms with Crippen LogP contribution in [0, 0.1) is 6.92 Å². The summed E-state index contributed by atoms with van der Waals surface area (Å²) in [4.78, 5) is 51.5. The van der Waals surface area contributed by atoms with Gasteiger partial charge in [-0.05, 0) is 63.2 Å². The van der Waals surface area contributed by atoms with E-state index < -0.39 is 20.4 Å². The van der Waals surface area contributed by atoms with E-state index >= 15 is 0 Å². The molecule has 0 aliphatic carbocycles. The Kier molecular flexibility index (Phi) is 33.5. The molecule has 11 nitrogen and oxygen atoms in total. The largest absolute Gasteiger partial charge is 0.543 e. The topological polar surface area (TPSA) is 133 Å². The van der Waals surface area contributed by atoms with E-state index in [0.717, 1.165) is 60.8 Å². The molecule has 0 bridgehead atoms. The monoisotopic (exact) mass is 1010 g/mol. The zero-order valence-electron chi connectivity index (χ0n) is 46.9. The molecule has 0 N–H and O–H groups in total. The number of hydrogen-bond donors (Lipinski definition) is 0. The van der Waals surface area contributed by atoms with Crippen LogP contribution in [-0.2, 0) is 51.1 Å². The highest BCUT2D eigenvalue weighted by atomic mass is 28.4. The maximum absolute atomic E-state index is 13.1. The van der Waals surface area contributed by atoms with Crippen LogP contribution in [0.15, 0.2) is 11.6 Å². The fraction of sp³-hybridized carbons (Fsp3) is 0.797. The highest BCUT2D eigenvalue weighted by molar-refractivity contribution is 6.74. The normalized spacial score (nSPS) is 12.8. The summed E-state index contributed by atoms with van der Waals surface area (Å²) < 4.78 is 40.8. The van der Waals surface area contributed by atoms with E-state index in [2.05, 4.69) is 47.7 Å². The summed E-state index contributed by atoms with van der Waals surface area (Å²) in [6.45, 7) is 18.8. The van der Waals surface area contributed by atoms with Gasteiger partial charge in [0, 0.05) is 30.4 Å². The maximum atomic E-state index is 13.1. The molecular formula is C59H102O11Si. The summed E-state index contributed by atoms with van der Waals surface area (Å²) in [5.74, 6) is -0.273. The number of unbranched alkanes of at least 4 members (excludes halogenated alkanes) is 24. The number of allylic oxidation sites excluding steroid dienone is 2. The Morgan fingerprint density at radius 2 is 1.04 bits per heavy atom.